The number of carbonyl (C=O) groups excluding carboxylic acids is 2. The Hall–Kier alpha value is -3.71. The molecule has 2 aliphatic heterocycles. The van der Waals surface area contributed by atoms with Crippen molar-refractivity contribution in [2.24, 2.45) is 0 Å². The number of nitrogens with zero attached hydrogens (tertiary/aromatic N) is 3. The van der Waals surface area contributed by atoms with Crippen molar-refractivity contribution in [3.8, 4) is 5.75 Å². The van der Waals surface area contributed by atoms with Crippen molar-refractivity contribution in [1.29, 1.82) is 0 Å². The number of aryl methyl sites for hydroxylation is 1. The number of piperazine rings is 1. The van der Waals surface area contributed by atoms with Gasteiger partial charge in [-0.1, -0.05) is 42.1 Å². The fraction of sp³-hybridized carbons (Fsp3) is 0.267. The summed E-state index contributed by atoms with van der Waals surface area (Å²) in [4.78, 5) is 34.0. The van der Waals surface area contributed by atoms with Gasteiger partial charge in [-0.05, 0) is 61.4 Å². The van der Waals surface area contributed by atoms with Crippen LogP contribution in [0.4, 0.5) is 11.4 Å². The number of hydrogen-bond acceptors (Lipinski definition) is 5. The van der Waals surface area contributed by atoms with Gasteiger partial charge >= 0.3 is 0 Å². The van der Waals surface area contributed by atoms with E-state index in [-0.39, 0.29) is 11.8 Å². The highest BCUT2D eigenvalue weighted by atomic mass is 32.2. The number of carbonyl (C=O) groups is 2. The van der Waals surface area contributed by atoms with Crippen molar-refractivity contribution >= 4 is 41.0 Å². The maximum Gasteiger partial charge on any atom is 0.264 e. The van der Waals surface area contributed by atoms with Gasteiger partial charge in [0.05, 0.1) is 17.7 Å². The summed E-state index contributed by atoms with van der Waals surface area (Å²) in [5.41, 5.74) is 6.03. The molecule has 0 aliphatic carbocycles. The third-order valence-electron chi connectivity index (χ3n) is 7.21. The molecule has 1 fully saturated rings. The van der Waals surface area contributed by atoms with E-state index in [1.807, 2.05) is 53.4 Å². The number of rotatable bonds is 4. The van der Waals surface area contributed by atoms with Crippen LogP contribution in [0, 0.1) is 13.8 Å². The predicted octanol–water partition coefficient (Wildman–Crippen LogP) is 5.38. The second-order valence-electron chi connectivity index (χ2n) is 9.40. The van der Waals surface area contributed by atoms with Crippen LogP contribution >= 0.6 is 11.8 Å². The molecule has 0 saturated carbocycles. The number of amides is 2. The first-order valence-corrected chi connectivity index (χ1v) is 13.2. The largest absolute Gasteiger partial charge is 0.496 e. The van der Waals surface area contributed by atoms with E-state index in [4.69, 9.17) is 4.74 Å². The van der Waals surface area contributed by atoms with Crippen molar-refractivity contribution in [2.45, 2.75) is 18.7 Å². The van der Waals surface area contributed by atoms with Crippen LogP contribution < -0.4 is 14.5 Å². The Morgan fingerprint density at radius 2 is 1.70 bits per heavy atom. The van der Waals surface area contributed by atoms with Gasteiger partial charge in [-0.25, -0.2) is 0 Å². The number of ether oxygens (including phenoxy) is 1. The Kier molecular flexibility index (Phi) is 6.98. The van der Waals surface area contributed by atoms with Crippen LogP contribution in [0.1, 0.15) is 27.0 Å². The summed E-state index contributed by atoms with van der Waals surface area (Å²) < 4.78 is 5.44. The quantitative estimate of drug-likeness (QED) is 0.438. The fourth-order valence-electron chi connectivity index (χ4n) is 4.86. The van der Waals surface area contributed by atoms with Gasteiger partial charge in [0.15, 0.2) is 0 Å². The number of anilines is 2. The molecule has 0 radical (unpaired) electrons. The van der Waals surface area contributed by atoms with E-state index in [1.54, 1.807) is 19.1 Å². The summed E-state index contributed by atoms with van der Waals surface area (Å²) in [6.07, 6.45) is 1.86. The van der Waals surface area contributed by atoms with Crippen molar-refractivity contribution in [3.05, 3.63) is 87.8 Å². The van der Waals surface area contributed by atoms with Gasteiger partial charge in [0, 0.05) is 54.9 Å². The van der Waals surface area contributed by atoms with Crippen molar-refractivity contribution in [2.75, 3.05) is 50.1 Å². The van der Waals surface area contributed by atoms with E-state index in [0.717, 1.165) is 35.0 Å². The summed E-state index contributed by atoms with van der Waals surface area (Å²) >= 11 is 1.42. The van der Waals surface area contributed by atoms with E-state index < -0.39 is 0 Å². The Balaban J connectivity index is 1.32. The molecular weight excluding hydrogens is 482 g/mol. The number of benzene rings is 3. The Morgan fingerprint density at radius 1 is 0.946 bits per heavy atom. The number of fused-ring (bicyclic) bond motifs is 1. The lowest BCUT2D eigenvalue weighted by molar-refractivity contribution is -0.114. The highest BCUT2D eigenvalue weighted by Crippen LogP contribution is 2.42. The molecule has 7 heteroatoms. The first-order valence-electron chi connectivity index (χ1n) is 12.4. The molecule has 2 heterocycles. The maximum atomic E-state index is 13.4. The summed E-state index contributed by atoms with van der Waals surface area (Å²) in [5.74, 6) is 0.621. The first-order chi connectivity index (χ1) is 17.9. The predicted molar refractivity (Wildman–Crippen MR) is 151 cm³/mol. The molecule has 3 aromatic carbocycles. The van der Waals surface area contributed by atoms with Crippen LogP contribution in [0.5, 0.6) is 5.75 Å². The molecule has 1 saturated heterocycles. The third kappa shape index (κ3) is 4.83. The lowest BCUT2D eigenvalue weighted by Gasteiger charge is -2.37. The number of likely N-dealkylation sites (N-methyl/N-ethyl adjacent to an activating group) is 1. The van der Waals surface area contributed by atoms with Crippen molar-refractivity contribution in [1.82, 2.24) is 4.90 Å². The lowest BCUT2D eigenvalue weighted by atomic mass is 10.1. The molecule has 0 aromatic heterocycles. The third-order valence-corrected chi connectivity index (χ3v) is 8.29. The standard InChI is InChI=1S/C30H31N3O3S/c1-20-8-7-10-24(21(20)2)32-14-16-33(17-15-32)29(34)23-12-13-27-25(18-23)31(3)30(35)28(37-27)19-22-9-5-6-11-26(22)36-4/h5-13,18-19H,14-17H2,1-4H3/b28-19+. The minimum Gasteiger partial charge on any atom is -0.496 e. The summed E-state index contributed by atoms with van der Waals surface area (Å²) in [6.45, 7) is 7.21. The highest BCUT2D eigenvalue weighted by molar-refractivity contribution is 8.04. The van der Waals surface area contributed by atoms with Crippen molar-refractivity contribution in [3.63, 3.8) is 0 Å². The number of hydrogen-bond donors (Lipinski definition) is 0. The molecule has 2 aliphatic rings. The van der Waals surface area contributed by atoms with Crippen LogP contribution in [0.2, 0.25) is 0 Å². The molecule has 5 rings (SSSR count). The number of thioether (sulfide) groups is 1. The smallest absolute Gasteiger partial charge is 0.264 e. The zero-order chi connectivity index (χ0) is 26.1. The Bertz CT molecular complexity index is 1390. The van der Waals surface area contributed by atoms with Gasteiger partial charge in [0.1, 0.15) is 5.75 Å². The second-order valence-corrected chi connectivity index (χ2v) is 10.5. The van der Waals surface area contributed by atoms with E-state index in [1.165, 1.54) is 28.6 Å². The number of para-hydroxylation sites is 1. The Labute approximate surface area is 222 Å². The van der Waals surface area contributed by atoms with Gasteiger partial charge in [-0.2, -0.15) is 0 Å². The zero-order valence-corrected chi connectivity index (χ0v) is 22.5. The molecule has 0 unspecified atom stereocenters. The van der Waals surface area contributed by atoms with Crippen LogP contribution in [-0.2, 0) is 4.79 Å². The molecule has 190 valence electrons. The molecule has 6 nitrogen and oxygen atoms in total. The highest BCUT2D eigenvalue weighted by Gasteiger charge is 2.29. The van der Waals surface area contributed by atoms with Gasteiger partial charge in [-0.15, -0.1) is 0 Å². The van der Waals surface area contributed by atoms with Gasteiger partial charge in [-0.3, -0.25) is 9.59 Å². The average molecular weight is 514 g/mol. The van der Waals surface area contributed by atoms with E-state index in [0.29, 0.717) is 23.6 Å². The molecule has 0 bridgehead atoms. The van der Waals surface area contributed by atoms with E-state index in [9.17, 15) is 9.59 Å². The van der Waals surface area contributed by atoms with Crippen LogP contribution in [0.25, 0.3) is 6.08 Å². The second kappa shape index (κ2) is 10.3. The van der Waals surface area contributed by atoms with Gasteiger partial charge in [0.25, 0.3) is 11.8 Å². The topological polar surface area (TPSA) is 53.1 Å². The molecule has 2 amide bonds. The van der Waals surface area contributed by atoms with Crippen molar-refractivity contribution < 1.29 is 14.3 Å². The molecule has 0 atom stereocenters. The van der Waals surface area contributed by atoms with Crippen LogP contribution in [-0.4, -0.2) is 57.1 Å². The first kappa shape index (κ1) is 25.0. The SMILES string of the molecule is COc1ccccc1/C=C1/Sc2ccc(C(=O)N3CCN(c4cccc(C)c4C)CC3)cc2N(C)C1=O. The lowest BCUT2D eigenvalue weighted by Crippen LogP contribution is -2.49. The molecule has 3 aromatic rings. The minimum absolute atomic E-state index is 0.00428. The summed E-state index contributed by atoms with van der Waals surface area (Å²) in [5, 5.41) is 0. The summed E-state index contributed by atoms with van der Waals surface area (Å²) in [6, 6.07) is 19.7. The van der Waals surface area contributed by atoms with E-state index >= 15 is 0 Å². The van der Waals surface area contributed by atoms with Gasteiger partial charge < -0.3 is 19.4 Å². The normalized spacial score (nSPS) is 16.7. The molecule has 0 N–H and O–H groups in total. The molecule has 37 heavy (non-hydrogen) atoms. The van der Waals surface area contributed by atoms with Crippen LogP contribution in [0.3, 0.4) is 0 Å². The zero-order valence-electron chi connectivity index (χ0n) is 21.7. The minimum atomic E-state index is -0.102. The monoisotopic (exact) mass is 513 g/mol. The molecular formula is C30H31N3O3S. The van der Waals surface area contributed by atoms with Crippen LogP contribution in [0.15, 0.2) is 70.5 Å². The summed E-state index contributed by atoms with van der Waals surface area (Å²) in [7, 11) is 3.38. The molecule has 0 spiro atoms. The number of methoxy groups -OCH3 is 1. The fourth-order valence-corrected chi connectivity index (χ4v) is 5.95. The Morgan fingerprint density at radius 3 is 2.46 bits per heavy atom. The van der Waals surface area contributed by atoms with Gasteiger partial charge in [0.2, 0.25) is 0 Å². The van der Waals surface area contributed by atoms with E-state index in [2.05, 4.69) is 36.9 Å². The average Bonchev–Trinajstić information content (AvgIpc) is 2.93. The maximum absolute atomic E-state index is 13.4.